The molecule has 3 saturated heterocycles. The molecule has 3 heterocycles. The van der Waals surface area contributed by atoms with Gasteiger partial charge in [-0.1, -0.05) is 0 Å². The summed E-state index contributed by atoms with van der Waals surface area (Å²) < 4.78 is 46.7. The Bertz CT molecular complexity index is 878. The van der Waals surface area contributed by atoms with Gasteiger partial charge in [-0.3, -0.25) is 9.69 Å². The molecule has 0 bridgehead atoms. The second-order valence-corrected chi connectivity index (χ2v) is 11.1. The number of benzene rings is 1. The number of carbonyl (C=O) groups is 1. The SMILES string of the molecule is O=C(NCC1(N2CCOCC2)CCSC1)c1ccc(F)c(S(=O)(=O)N2CCCC2)c1. The summed E-state index contributed by atoms with van der Waals surface area (Å²) in [5.74, 6) is 0.778. The van der Waals surface area contributed by atoms with Gasteiger partial charge in [-0.15, -0.1) is 0 Å². The molecular formula is C20H28FN3O4S2. The molecular weight excluding hydrogens is 429 g/mol. The average molecular weight is 458 g/mol. The van der Waals surface area contributed by atoms with E-state index in [4.69, 9.17) is 4.74 Å². The molecule has 0 aromatic heterocycles. The van der Waals surface area contributed by atoms with Crippen LogP contribution in [0, 0.1) is 5.82 Å². The van der Waals surface area contributed by atoms with Gasteiger partial charge < -0.3 is 10.1 Å². The smallest absolute Gasteiger partial charge is 0.251 e. The third-order valence-electron chi connectivity index (χ3n) is 6.22. The van der Waals surface area contributed by atoms with Crippen LogP contribution in [0.15, 0.2) is 23.1 Å². The Labute approximate surface area is 181 Å². The van der Waals surface area contributed by atoms with Crippen LogP contribution in [0.2, 0.25) is 0 Å². The maximum Gasteiger partial charge on any atom is 0.251 e. The maximum absolute atomic E-state index is 14.4. The van der Waals surface area contributed by atoms with Gasteiger partial charge in [0.05, 0.1) is 13.2 Å². The van der Waals surface area contributed by atoms with Crippen molar-refractivity contribution in [2.24, 2.45) is 0 Å². The Kier molecular flexibility index (Phi) is 6.69. The summed E-state index contributed by atoms with van der Waals surface area (Å²) in [6.45, 7) is 4.31. The lowest BCUT2D eigenvalue weighted by molar-refractivity contribution is -0.0129. The van der Waals surface area contributed by atoms with Crippen molar-refractivity contribution in [1.29, 1.82) is 0 Å². The highest BCUT2D eigenvalue weighted by atomic mass is 32.2. The first kappa shape index (κ1) is 22.0. The van der Waals surface area contributed by atoms with Crippen LogP contribution in [0.25, 0.3) is 0 Å². The third-order valence-corrected chi connectivity index (χ3v) is 9.37. The van der Waals surface area contributed by atoms with Crippen LogP contribution in [0.4, 0.5) is 4.39 Å². The Morgan fingerprint density at radius 3 is 2.60 bits per heavy atom. The summed E-state index contributed by atoms with van der Waals surface area (Å²) in [6, 6.07) is 3.59. The number of hydrogen-bond acceptors (Lipinski definition) is 6. The largest absolute Gasteiger partial charge is 0.379 e. The molecule has 0 radical (unpaired) electrons. The zero-order valence-electron chi connectivity index (χ0n) is 16.9. The van der Waals surface area contributed by atoms with Gasteiger partial charge in [0.15, 0.2) is 0 Å². The Morgan fingerprint density at radius 1 is 1.20 bits per heavy atom. The fraction of sp³-hybridized carbons (Fsp3) is 0.650. The second-order valence-electron chi connectivity index (χ2n) is 8.07. The molecule has 0 aliphatic carbocycles. The van der Waals surface area contributed by atoms with E-state index in [-0.39, 0.29) is 17.0 Å². The number of amides is 1. The molecule has 10 heteroatoms. The minimum atomic E-state index is -3.93. The van der Waals surface area contributed by atoms with E-state index in [2.05, 4.69) is 10.2 Å². The number of thioether (sulfide) groups is 1. The molecule has 166 valence electrons. The number of halogens is 1. The van der Waals surface area contributed by atoms with Crippen molar-refractivity contribution < 1.29 is 22.3 Å². The molecule has 3 aliphatic heterocycles. The van der Waals surface area contributed by atoms with Gasteiger partial charge in [-0.25, -0.2) is 12.8 Å². The van der Waals surface area contributed by atoms with Crippen molar-refractivity contribution in [3.8, 4) is 0 Å². The molecule has 1 amide bonds. The molecule has 7 nitrogen and oxygen atoms in total. The van der Waals surface area contributed by atoms with Crippen LogP contribution >= 0.6 is 11.8 Å². The highest BCUT2D eigenvalue weighted by molar-refractivity contribution is 7.99. The first-order valence-electron chi connectivity index (χ1n) is 10.4. The Hall–Kier alpha value is -1.20. The molecule has 1 aromatic carbocycles. The number of rotatable bonds is 6. The van der Waals surface area contributed by atoms with Crippen LogP contribution in [0.5, 0.6) is 0 Å². The number of hydrogen-bond donors (Lipinski definition) is 1. The summed E-state index contributed by atoms with van der Waals surface area (Å²) in [5.41, 5.74) is 0.0474. The van der Waals surface area contributed by atoms with Crippen molar-refractivity contribution in [3.05, 3.63) is 29.6 Å². The number of sulfonamides is 1. The number of morpholine rings is 1. The number of ether oxygens (including phenoxy) is 1. The molecule has 1 N–H and O–H groups in total. The third kappa shape index (κ3) is 4.38. The molecule has 30 heavy (non-hydrogen) atoms. The topological polar surface area (TPSA) is 79.0 Å². The van der Waals surface area contributed by atoms with E-state index < -0.39 is 20.7 Å². The zero-order valence-corrected chi connectivity index (χ0v) is 18.6. The van der Waals surface area contributed by atoms with Crippen molar-refractivity contribution in [3.63, 3.8) is 0 Å². The van der Waals surface area contributed by atoms with Crippen LogP contribution in [-0.2, 0) is 14.8 Å². The summed E-state index contributed by atoms with van der Waals surface area (Å²) in [4.78, 5) is 14.8. The summed E-state index contributed by atoms with van der Waals surface area (Å²) in [6.07, 6.45) is 2.52. The van der Waals surface area contributed by atoms with Crippen LogP contribution < -0.4 is 5.32 Å². The minimum absolute atomic E-state index is 0.116. The van der Waals surface area contributed by atoms with E-state index in [1.54, 1.807) is 0 Å². The quantitative estimate of drug-likeness (QED) is 0.698. The Balaban J connectivity index is 1.49. The summed E-state index contributed by atoms with van der Waals surface area (Å²) >= 11 is 1.88. The highest BCUT2D eigenvalue weighted by Gasteiger charge is 2.41. The molecule has 1 atom stereocenters. The lowest BCUT2D eigenvalue weighted by Crippen LogP contribution is -2.59. The van der Waals surface area contributed by atoms with Gasteiger partial charge in [0, 0.05) is 49.6 Å². The lowest BCUT2D eigenvalue weighted by Gasteiger charge is -2.43. The van der Waals surface area contributed by atoms with Gasteiger partial charge in [0.1, 0.15) is 10.7 Å². The molecule has 1 unspecified atom stereocenters. The first-order valence-corrected chi connectivity index (χ1v) is 13.0. The maximum atomic E-state index is 14.4. The molecule has 3 aliphatic rings. The van der Waals surface area contributed by atoms with E-state index in [1.165, 1.54) is 16.4 Å². The normalized spacial score (nSPS) is 26.2. The summed E-state index contributed by atoms with van der Waals surface area (Å²) in [5, 5.41) is 2.98. The molecule has 1 aromatic rings. The van der Waals surface area contributed by atoms with Crippen molar-refractivity contribution in [2.75, 3.05) is 57.4 Å². The van der Waals surface area contributed by atoms with Crippen molar-refractivity contribution >= 4 is 27.7 Å². The molecule has 0 spiro atoms. The van der Waals surface area contributed by atoms with E-state index in [9.17, 15) is 17.6 Å². The second kappa shape index (κ2) is 9.12. The predicted octanol–water partition coefficient (Wildman–Crippen LogP) is 1.55. The molecule has 0 saturated carbocycles. The highest BCUT2D eigenvalue weighted by Crippen LogP contribution is 2.33. The number of nitrogens with zero attached hydrogens (tertiary/aromatic N) is 2. The van der Waals surface area contributed by atoms with Gasteiger partial charge >= 0.3 is 0 Å². The Morgan fingerprint density at radius 2 is 1.93 bits per heavy atom. The van der Waals surface area contributed by atoms with E-state index in [1.807, 2.05) is 11.8 Å². The van der Waals surface area contributed by atoms with Gasteiger partial charge in [0.25, 0.3) is 5.91 Å². The predicted molar refractivity (Wildman–Crippen MR) is 114 cm³/mol. The summed E-state index contributed by atoms with van der Waals surface area (Å²) in [7, 11) is -3.93. The van der Waals surface area contributed by atoms with Gasteiger partial charge in [-0.05, 0) is 43.2 Å². The van der Waals surface area contributed by atoms with E-state index in [0.29, 0.717) is 32.8 Å². The van der Waals surface area contributed by atoms with Crippen LogP contribution in [0.3, 0.4) is 0 Å². The van der Waals surface area contributed by atoms with Gasteiger partial charge in [0.2, 0.25) is 10.0 Å². The first-order chi connectivity index (χ1) is 14.4. The number of nitrogens with one attached hydrogen (secondary N) is 1. The average Bonchev–Trinajstić information content (AvgIpc) is 3.46. The lowest BCUT2D eigenvalue weighted by atomic mass is 9.95. The zero-order chi connectivity index (χ0) is 21.2. The van der Waals surface area contributed by atoms with E-state index >= 15 is 0 Å². The van der Waals surface area contributed by atoms with Crippen LogP contribution in [-0.4, -0.2) is 86.5 Å². The van der Waals surface area contributed by atoms with Crippen molar-refractivity contribution in [2.45, 2.75) is 29.7 Å². The molecule has 4 rings (SSSR count). The van der Waals surface area contributed by atoms with Crippen molar-refractivity contribution in [1.82, 2.24) is 14.5 Å². The van der Waals surface area contributed by atoms with Crippen LogP contribution in [0.1, 0.15) is 29.6 Å². The minimum Gasteiger partial charge on any atom is -0.379 e. The monoisotopic (exact) mass is 457 g/mol. The number of carbonyl (C=O) groups excluding carboxylic acids is 1. The standard InChI is InChI=1S/C20H28FN3O4S2/c21-17-4-3-16(13-18(17)30(26,27)24-6-1-2-7-24)19(25)22-14-20(5-12-29-15-20)23-8-10-28-11-9-23/h3-4,13H,1-2,5-12,14-15H2,(H,22,25). The molecule has 3 fully saturated rings. The fourth-order valence-electron chi connectivity index (χ4n) is 4.39. The van der Waals surface area contributed by atoms with Gasteiger partial charge in [-0.2, -0.15) is 16.1 Å². The van der Waals surface area contributed by atoms with E-state index in [0.717, 1.165) is 49.9 Å². The fourth-order valence-corrected chi connectivity index (χ4v) is 7.48.